The third-order valence-corrected chi connectivity index (χ3v) is 13.6. The van der Waals surface area contributed by atoms with Gasteiger partial charge in [-0.25, -0.2) is 9.59 Å². The van der Waals surface area contributed by atoms with Gasteiger partial charge < -0.3 is 47.4 Å². The van der Waals surface area contributed by atoms with Crippen molar-refractivity contribution in [1.29, 1.82) is 0 Å². The van der Waals surface area contributed by atoms with Gasteiger partial charge in [0.15, 0.2) is 5.79 Å². The Hall–Kier alpha value is -5.71. The number of carbonyl (C=O) groups is 2. The molecule has 0 saturated carbocycles. The molecule has 9 rings (SSSR count). The van der Waals surface area contributed by atoms with Crippen LogP contribution in [0.2, 0.25) is 0 Å². The number of thioether (sulfide) groups is 1. The Bertz CT molecular complexity index is 2540. The van der Waals surface area contributed by atoms with E-state index in [9.17, 15) is 9.59 Å². The van der Waals surface area contributed by atoms with Crippen molar-refractivity contribution in [1.82, 2.24) is 0 Å². The molecule has 3 aliphatic heterocycles. The second-order valence-electron chi connectivity index (χ2n) is 17.8. The zero-order valence-electron chi connectivity index (χ0n) is 39.2. The Morgan fingerprint density at radius 3 is 1.46 bits per heavy atom. The molecule has 0 amide bonds. The third-order valence-electron chi connectivity index (χ3n) is 12.2. The maximum Gasteiger partial charge on any atom is 0.338 e. The summed E-state index contributed by atoms with van der Waals surface area (Å²) >= 11 is 1.47. The highest BCUT2D eigenvalue weighted by atomic mass is 32.2. The van der Waals surface area contributed by atoms with E-state index in [2.05, 4.69) is 0 Å². The van der Waals surface area contributed by atoms with Crippen LogP contribution in [-0.2, 0) is 73.8 Å². The maximum atomic E-state index is 13.9. The molecule has 6 aromatic carbocycles. The van der Waals surface area contributed by atoms with Gasteiger partial charge in [-0.3, -0.25) is 0 Å². The van der Waals surface area contributed by atoms with Crippen LogP contribution in [0.4, 0.5) is 0 Å². The number of hydrogen-bond acceptors (Lipinski definition) is 13. The van der Waals surface area contributed by atoms with Crippen molar-refractivity contribution in [3.8, 4) is 0 Å². The molecule has 3 heterocycles. The molecule has 0 aliphatic carbocycles. The van der Waals surface area contributed by atoms with Crippen molar-refractivity contribution in [2.75, 3.05) is 19.8 Å². The highest BCUT2D eigenvalue weighted by molar-refractivity contribution is 8.00. The molecule has 9 atom stereocenters. The van der Waals surface area contributed by atoms with Crippen molar-refractivity contribution >= 4 is 23.7 Å². The molecule has 0 spiro atoms. The van der Waals surface area contributed by atoms with E-state index in [-0.39, 0.29) is 26.4 Å². The average molecular weight is 967 g/mol. The minimum atomic E-state index is -1.84. The summed E-state index contributed by atoms with van der Waals surface area (Å²) in [5.74, 6) is -4.11. The number of rotatable bonds is 21. The smallest absolute Gasteiger partial charge is 0.338 e. The summed E-state index contributed by atoms with van der Waals surface area (Å²) in [6.45, 7) is 4.27. The van der Waals surface area contributed by atoms with E-state index >= 15 is 0 Å². The maximum absolute atomic E-state index is 13.9. The summed E-state index contributed by atoms with van der Waals surface area (Å²) < 4.78 is 67.4. The van der Waals surface area contributed by atoms with Gasteiger partial charge in [0, 0.05) is 0 Å². The molecule has 364 valence electrons. The molecule has 12 nitrogen and oxygen atoms in total. The highest BCUT2D eigenvalue weighted by Gasteiger charge is 2.66. The van der Waals surface area contributed by atoms with Crippen LogP contribution in [0.25, 0.3) is 0 Å². The first kappa shape index (κ1) is 49.3. The minimum Gasteiger partial charge on any atom is -0.459 e. The summed E-state index contributed by atoms with van der Waals surface area (Å²) in [7, 11) is 0. The van der Waals surface area contributed by atoms with E-state index in [4.69, 9.17) is 47.4 Å². The third kappa shape index (κ3) is 12.6. The van der Waals surface area contributed by atoms with Crippen LogP contribution in [-0.4, -0.2) is 90.6 Å². The van der Waals surface area contributed by atoms with Gasteiger partial charge in [0.1, 0.15) is 55.3 Å². The van der Waals surface area contributed by atoms with Gasteiger partial charge in [0.25, 0.3) is 0 Å². The predicted octanol–water partition coefficient (Wildman–Crippen LogP) is 9.75. The Balaban J connectivity index is 1.10. The van der Waals surface area contributed by atoms with Crippen molar-refractivity contribution in [2.24, 2.45) is 0 Å². The van der Waals surface area contributed by atoms with Gasteiger partial charge in [-0.05, 0) is 60.4 Å². The second kappa shape index (κ2) is 23.5. The van der Waals surface area contributed by atoms with Gasteiger partial charge in [0.2, 0.25) is 5.79 Å². The summed E-state index contributed by atoms with van der Waals surface area (Å²) in [5, 5.41) is -0.407. The predicted molar refractivity (Wildman–Crippen MR) is 262 cm³/mol. The monoisotopic (exact) mass is 966 g/mol. The quantitative estimate of drug-likeness (QED) is 0.0636. The first-order valence-corrected chi connectivity index (χ1v) is 24.6. The fourth-order valence-corrected chi connectivity index (χ4v) is 10.4. The largest absolute Gasteiger partial charge is 0.459 e. The molecular formula is C57H58O12S. The highest BCUT2D eigenvalue weighted by Crippen LogP contribution is 2.49. The number of fused-ring (bicyclic) bond motifs is 1. The van der Waals surface area contributed by atoms with E-state index in [0.29, 0.717) is 24.3 Å². The van der Waals surface area contributed by atoms with E-state index in [1.165, 1.54) is 11.8 Å². The fraction of sp³-hybridized carbons (Fsp3) is 0.333. The van der Waals surface area contributed by atoms with Gasteiger partial charge >= 0.3 is 11.9 Å². The summed E-state index contributed by atoms with van der Waals surface area (Å²) in [4.78, 5) is 27.2. The molecular weight excluding hydrogens is 909 g/mol. The van der Waals surface area contributed by atoms with E-state index in [0.717, 1.165) is 22.3 Å². The molecule has 0 radical (unpaired) electrons. The molecule has 3 fully saturated rings. The Kier molecular flexibility index (Phi) is 16.5. The zero-order valence-corrected chi connectivity index (χ0v) is 40.0. The van der Waals surface area contributed by atoms with Crippen LogP contribution in [0.3, 0.4) is 0 Å². The van der Waals surface area contributed by atoms with Crippen molar-refractivity contribution in [3.63, 3.8) is 0 Å². The molecule has 0 bridgehead atoms. The van der Waals surface area contributed by atoms with Crippen LogP contribution in [0, 0.1) is 0 Å². The molecule has 0 aromatic heterocycles. The van der Waals surface area contributed by atoms with Crippen LogP contribution < -0.4 is 0 Å². The Morgan fingerprint density at radius 1 is 0.500 bits per heavy atom. The van der Waals surface area contributed by atoms with Crippen LogP contribution >= 0.6 is 11.8 Å². The number of hydrogen-bond donors (Lipinski definition) is 0. The lowest BCUT2D eigenvalue weighted by atomic mass is 10.0. The van der Waals surface area contributed by atoms with Crippen LogP contribution in [0.5, 0.6) is 0 Å². The topological polar surface area (TPSA) is 126 Å². The Morgan fingerprint density at radius 2 is 0.943 bits per heavy atom. The summed E-state index contributed by atoms with van der Waals surface area (Å²) in [6, 6.07) is 57.2. The van der Waals surface area contributed by atoms with E-state index in [1.54, 1.807) is 62.4 Å². The van der Waals surface area contributed by atoms with Crippen molar-refractivity contribution < 1.29 is 57.0 Å². The SMILES string of the molecule is CC1(C)O[C@H]2[C@@H](O1)[C@](COC(=O)c1ccccc1)(O[C@H]1S[C@H](COCc3ccccc3)[C@@H](OCc3ccccc3)[C@H](OCc3ccccc3)[C@H]1OCc1ccccc1)O[C@@H]2COC(=O)c1ccccc1. The van der Waals surface area contributed by atoms with Gasteiger partial charge in [-0.15, -0.1) is 11.8 Å². The van der Waals surface area contributed by atoms with Crippen LogP contribution in [0.15, 0.2) is 182 Å². The minimum absolute atomic E-state index is 0.200. The van der Waals surface area contributed by atoms with E-state index < -0.39 is 77.4 Å². The summed E-state index contributed by atoms with van der Waals surface area (Å²) in [6.07, 6.45) is -4.90. The first-order valence-electron chi connectivity index (χ1n) is 23.6. The second-order valence-corrected chi connectivity index (χ2v) is 19.2. The molecule has 6 aromatic rings. The molecule has 0 N–H and O–H groups in total. The van der Waals surface area contributed by atoms with Crippen molar-refractivity contribution in [2.45, 2.75) is 99.2 Å². The zero-order chi connectivity index (χ0) is 48.2. The lowest BCUT2D eigenvalue weighted by Crippen LogP contribution is -2.61. The van der Waals surface area contributed by atoms with Gasteiger partial charge in [-0.2, -0.15) is 0 Å². The molecule has 3 saturated heterocycles. The normalized spacial score (nSPS) is 25.7. The molecule has 70 heavy (non-hydrogen) atoms. The number of benzene rings is 6. The fourth-order valence-electron chi connectivity index (χ4n) is 8.84. The standard InChI is InChI=1S/C57H58O12S/c1-56(2)67-48-46(37-64-53(58)44-29-17-7-18-30-44)66-57(52(48)68-56,39-65-54(59)45-31-19-8-20-32-45)69-55-51(63-36-43-27-15-6-16-28-43)50(62-35-42-25-13-5-14-26-42)49(61-34-41-23-11-4-12-24-41)47(70-55)38-60-33-40-21-9-3-10-22-40/h3-32,46-52,55H,33-39H2,1-2H3/t46-,47-,48-,49-,50+,51-,52-,55+,57+/m1/s1. The van der Waals surface area contributed by atoms with Crippen LogP contribution in [0.1, 0.15) is 56.8 Å². The summed E-state index contributed by atoms with van der Waals surface area (Å²) in [5.41, 5.74) is 3.71. The Labute approximate surface area is 413 Å². The molecule has 0 unspecified atom stereocenters. The molecule has 3 aliphatic rings. The number of ether oxygens (including phenoxy) is 10. The van der Waals surface area contributed by atoms with E-state index in [1.807, 2.05) is 133 Å². The molecule has 13 heteroatoms. The van der Waals surface area contributed by atoms with Gasteiger partial charge in [-0.1, -0.05) is 158 Å². The number of carbonyl (C=O) groups excluding carboxylic acids is 2. The lowest BCUT2D eigenvalue weighted by molar-refractivity contribution is -0.322. The first-order chi connectivity index (χ1) is 34.2. The average Bonchev–Trinajstić information content (AvgIpc) is 3.87. The van der Waals surface area contributed by atoms with Gasteiger partial charge in [0.05, 0.1) is 49.4 Å². The number of esters is 2. The van der Waals surface area contributed by atoms with Crippen molar-refractivity contribution in [3.05, 3.63) is 215 Å². The lowest BCUT2D eigenvalue weighted by Gasteiger charge is -2.48.